The highest BCUT2D eigenvalue weighted by Gasteiger charge is 2.41. The number of rotatable bonds is 3. The Morgan fingerprint density at radius 3 is 1.93 bits per heavy atom. The molecule has 0 bridgehead atoms. The molecule has 3 N–H and O–H groups in total. The minimum Gasteiger partial charge on any atom is -0.395 e. The van der Waals surface area contributed by atoms with Gasteiger partial charge >= 0.3 is 0 Å². The van der Waals surface area contributed by atoms with Gasteiger partial charge in [-0.3, -0.25) is 30.5 Å². The van der Waals surface area contributed by atoms with Crippen LogP contribution >= 0.6 is 0 Å². The van der Waals surface area contributed by atoms with Gasteiger partial charge in [-0.1, -0.05) is 36.4 Å². The highest BCUT2D eigenvalue weighted by molar-refractivity contribution is 5.87. The first-order chi connectivity index (χ1) is 13.0. The third-order valence-electron chi connectivity index (χ3n) is 4.60. The van der Waals surface area contributed by atoms with Crippen molar-refractivity contribution in [3.8, 4) is 0 Å². The quantitative estimate of drug-likeness (QED) is 0.764. The lowest BCUT2D eigenvalue weighted by atomic mass is 9.92. The maximum absolute atomic E-state index is 11.6. The molecule has 0 saturated carbocycles. The van der Waals surface area contributed by atoms with Gasteiger partial charge in [0.05, 0.1) is 29.9 Å². The van der Waals surface area contributed by atoms with Gasteiger partial charge in [0.1, 0.15) is 0 Å². The Bertz CT molecular complexity index is 784. The van der Waals surface area contributed by atoms with Crippen LogP contribution in [-0.2, 0) is 9.59 Å². The molecule has 1 atom stereocenters. The molecule has 4 rings (SSSR count). The number of carbonyl (C=O) groups is 2. The van der Waals surface area contributed by atoms with E-state index in [1.807, 2.05) is 65.7 Å². The number of carbonyl (C=O) groups excluding carboxylic acids is 2. The van der Waals surface area contributed by atoms with Crippen molar-refractivity contribution in [2.45, 2.75) is 13.3 Å². The molecule has 0 aromatic heterocycles. The molecule has 2 amide bonds. The molecular weight excluding hydrogens is 344 g/mol. The number of anilines is 2. The lowest BCUT2D eigenvalue weighted by Crippen LogP contribution is -2.34. The first-order valence-corrected chi connectivity index (χ1v) is 8.88. The summed E-state index contributed by atoms with van der Waals surface area (Å²) in [5, 5.41) is 12.8. The van der Waals surface area contributed by atoms with E-state index in [4.69, 9.17) is 0 Å². The zero-order valence-corrected chi connectivity index (χ0v) is 15.3. The van der Waals surface area contributed by atoms with Crippen LogP contribution in [0.25, 0.3) is 0 Å². The van der Waals surface area contributed by atoms with Crippen LogP contribution in [0, 0.1) is 5.41 Å². The topological polar surface area (TPSA) is 84.9 Å². The fourth-order valence-corrected chi connectivity index (χ4v) is 2.88. The van der Waals surface area contributed by atoms with Gasteiger partial charge in [0, 0.05) is 13.0 Å². The van der Waals surface area contributed by atoms with E-state index in [0.717, 1.165) is 17.9 Å². The molecule has 0 spiro atoms. The first kappa shape index (κ1) is 18.7. The molecule has 7 nitrogen and oxygen atoms in total. The number of nitrogens with zero attached hydrogens (tertiary/aromatic N) is 2. The predicted octanol–water partition coefficient (Wildman–Crippen LogP) is 1.46. The molecule has 7 heteroatoms. The number of amides is 2. The van der Waals surface area contributed by atoms with Crippen molar-refractivity contribution < 1.29 is 14.7 Å². The maximum atomic E-state index is 11.6. The van der Waals surface area contributed by atoms with E-state index in [-0.39, 0.29) is 18.4 Å². The van der Waals surface area contributed by atoms with Crippen LogP contribution in [0.3, 0.4) is 0 Å². The number of hydrogen-bond donors (Lipinski definition) is 3. The molecule has 27 heavy (non-hydrogen) atoms. The first-order valence-electron chi connectivity index (χ1n) is 8.88. The van der Waals surface area contributed by atoms with E-state index in [1.165, 1.54) is 0 Å². The van der Waals surface area contributed by atoms with E-state index < -0.39 is 5.41 Å². The summed E-state index contributed by atoms with van der Waals surface area (Å²) in [5.41, 5.74) is 6.79. The van der Waals surface area contributed by atoms with Gasteiger partial charge in [0.25, 0.3) is 0 Å². The molecule has 2 aliphatic heterocycles. The molecule has 2 heterocycles. The summed E-state index contributed by atoms with van der Waals surface area (Å²) in [7, 11) is 0. The fraction of sp³-hybridized carbons (Fsp3) is 0.300. The van der Waals surface area contributed by atoms with Gasteiger partial charge in [-0.05, 0) is 31.2 Å². The van der Waals surface area contributed by atoms with Gasteiger partial charge in [-0.25, -0.2) is 0 Å². The summed E-state index contributed by atoms with van der Waals surface area (Å²) in [6, 6.07) is 19.4. The van der Waals surface area contributed by atoms with Crippen molar-refractivity contribution in [2.75, 3.05) is 29.7 Å². The largest absolute Gasteiger partial charge is 0.395 e. The number of para-hydroxylation sites is 2. The highest BCUT2D eigenvalue weighted by Crippen LogP contribution is 2.26. The second kappa shape index (κ2) is 8.09. The van der Waals surface area contributed by atoms with Crippen molar-refractivity contribution >= 4 is 23.2 Å². The third-order valence-corrected chi connectivity index (χ3v) is 4.60. The summed E-state index contributed by atoms with van der Waals surface area (Å²) >= 11 is 0. The van der Waals surface area contributed by atoms with Crippen LogP contribution in [0.4, 0.5) is 11.4 Å². The molecule has 142 valence electrons. The zero-order valence-electron chi connectivity index (χ0n) is 15.3. The minimum atomic E-state index is -0.699. The standard InChI is InChI=1S/C11H14N2O2.C9H10N2O/c1-11(8-14)7-13(12-10(11)15)9-5-3-2-4-6-9;12-9-6-7-11(10-9)8-4-2-1-3-5-8/h2-6,14H,7-8H2,1H3,(H,12,15);1-5H,6-7H2,(H,10,12). The number of nitrogens with one attached hydrogen (secondary N) is 2. The third kappa shape index (κ3) is 4.38. The van der Waals surface area contributed by atoms with Crippen molar-refractivity contribution in [1.82, 2.24) is 10.9 Å². The van der Waals surface area contributed by atoms with Crippen molar-refractivity contribution in [3.05, 3.63) is 60.7 Å². The Balaban J connectivity index is 0.000000159. The van der Waals surface area contributed by atoms with Crippen molar-refractivity contribution in [1.29, 1.82) is 0 Å². The van der Waals surface area contributed by atoms with E-state index in [0.29, 0.717) is 13.0 Å². The second-order valence-electron chi connectivity index (χ2n) is 6.85. The van der Waals surface area contributed by atoms with E-state index in [1.54, 1.807) is 11.9 Å². The Hall–Kier alpha value is -3.06. The molecule has 2 fully saturated rings. The molecule has 2 aromatic rings. The maximum Gasteiger partial charge on any atom is 0.248 e. The fourth-order valence-electron chi connectivity index (χ4n) is 2.88. The van der Waals surface area contributed by atoms with Gasteiger partial charge in [0.15, 0.2) is 0 Å². The van der Waals surface area contributed by atoms with Gasteiger partial charge in [-0.2, -0.15) is 0 Å². The molecule has 2 saturated heterocycles. The lowest BCUT2D eigenvalue weighted by molar-refractivity contribution is -0.128. The summed E-state index contributed by atoms with van der Waals surface area (Å²) in [6.07, 6.45) is 0.592. The van der Waals surface area contributed by atoms with Crippen LogP contribution in [0.15, 0.2) is 60.7 Å². The van der Waals surface area contributed by atoms with Gasteiger partial charge in [-0.15, -0.1) is 0 Å². The molecule has 0 radical (unpaired) electrons. The van der Waals surface area contributed by atoms with E-state index in [2.05, 4.69) is 10.9 Å². The summed E-state index contributed by atoms with van der Waals surface area (Å²) in [4.78, 5) is 22.5. The Morgan fingerprint density at radius 1 is 0.926 bits per heavy atom. The molecular formula is C20H24N4O3. The molecule has 2 aliphatic rings. The number of benzene rings is 2. The van der Waals surface area contributed by atoms with Crippen molar-refractivity contribution in [3.63, 3.8) is 0 Å². The normalized spacial score (nSPS) is 21.4. The molecule has 2 aromatic carbocycles. The Labute approximate surface area is 158 Å². The number of hydrazine groups is 2. The molecule has 1 unspecified atom stereocenters. The highest BCUT2D eigenvalue weighted by atomic mass is 16.3. The van der Waals surface area contributed by atoms with Crippen LogP contribution in [0.1, 0.15) is 13.3 Å². The van der Waals surface area contributed by atoms with Gasteiger partial charge < -0.3 is 5.11 Å². The molecule has 0 aliphatic carbocycles. The van der Waals surface area contributed by atoms with E-state index >= 15 is 0 Å². The zero-order chi connectivity index (χ0) is 19.3. The van der Waals surface area contributed by atoms with Crippen LogP contribution < -0.4 is 20.9 Å². The monoisotopic (exact) mass is 368 g/mol. The lowest BCUT2D eigenvalue weighted by Gasteiger charge is -2.19. The number of hydrogen-bond acceptors (Lipinski definition) is 5. The smallest absolute Gasteiger partial charge is 0.248 e. The van der Waals surface area contributed by atoms with Gasteiger partial charge in [0.2, 0.25) is 11.8 Å². The predicted molar refractivity (Wildman–Crippen MR) is 104 cm³/mol. The summed E-state index contributed by atoms with van der Waals surface area (Å²) < 4.78 is 0. The van der Waals surface area contributed by atoms with Crippen LogP contribution in [0.2, 0.25) is 0 Å². The van der Waals surface area contributed by atoms with Crippen LogP contribution in [-0.4, -0.2) is 36.6 Å². The summed E-state index contributed by atoms with van der Waals surface area (Å²) in [5.74, 6) is -0.0345. The average Bonchev–Trinajstić information content (AvgIpc) is 3.28. The Kier molecular flexibility index (Phi) is 5.61. The minimum absolute atomic E-state index is 0.0962. The summed E-state index contributed by atoms with van der Waals surface area (Å²) in [6.45, 7) is 2.88. The van der Waals surface area contributed by atoms with E-state index in [9.17, 15) is 14.7 Å². The SMILES string of the molecule is CC1(CO)CN(c2ccccc2)NC1=O.O=C1CCN(c2ccccc2)N1. The van der Waals surface area contributed by atoms with Crippen molar-refractivity contribution in [2.24, 2.45) is 5.41 Å². The average molecular weight is 368 g/mol. The Morgan fingerprint density at radius 2 is 1.48 bits per heavy atom. The van der Waals surface area contributed by atoms with Crippen LogP contribution in [0.5, 0.6) is 0 Å². The number of aliphatic hydroxyl groups excluding tert-OH is 1. The second-order valence-corrected chi connectivity index (χ2v) is 6.85. The number of aliphatic hydroxyl groups is 1.